The summed E-state index contributed by atoms with van der Waals surface area (Å²) in [6.45, 7) is 0.0981. The number of benzene rings is 1. The first-order chi connectivity index (χ1) is 9.52. The molecule has 1 aromatic carbocycles. The molecule has 0 amide bonds. The average molecular weight is 276 g/mol. The van der Waals surface area contributed by atoms with Crippen LogP contribution < -0.4 is 4.90 Å². The Balaban J connectivity index is 2.37. The minimum atomic E-state index is -1.15. The number of hydrogen-bond donors (Lipinski definition) is 1. The number of rotatable bonds is 5. The molecule has 0 aliphatic heterocycles. The van der Waals surface area contributed by atoms with E-state index < -0.39 is 5.97 Å². The lowest BCUT2D eigenvalue weighted by molar-refractivity contribution is 0.0656. The Kier molecular flexibility index (Phi) is 4.05. The topological polar surface area (TPSA) is 75.8 Å². The van der Waals surface area contributed by atoms with Crippen molar-refractivity contribution in [2.45, 2.75) is 6.61 Å². The Labute approximate surface area is 116 Å². The van der Waals surface area contributed by atoms with Crippen LogP contribution in [0.3, 0.4) is 0 Å². The van der Waals surface area contributed by atoms with E-state index in [1.54, 1.807) is 0 Å². The second-order valence-electron chi connectivity index (χ2n) is 4.47. The number of aromatic nitrogens is 1. The van der Waals surface area contributed by atoms with E-state index in [0.29, 0.717) is 0 Å². The van der Waals surface area contributed by atoms with E-state index >= 15 is 0 Å². The summed E-state index contributed by atoms with van der Waals surface area (Å²) in [5.74, 6) is -1.06. The Bertz CT molecular complexity index is 602. The summed E-state index contributed by atoms with van der Waals surface area (Å²) < 4.78 is 10.2. The molecule has 0 unspecified atom stereocenters. The van der Waals surface area contributed by atoms with Gasteiger partial charge in [0.05, 0.1) is 6.61 Å². The van der Waals surface area contributed by atoms with Gasteiger partial charge in [0.1, 0.15) is 5.69 Å². The van der Waals surface area contributed by atoms with Crippen molar-refractivity contribution in [1.29, 1.82) is 0 Å². The number of carboxylic acid groups (broad SMARTS) is 1. The van der Waals surface area contributed by atoms with Gasteiger partial charge in [-0.15, -0.1) is 0 Å². The monoisotopic (exact) mass is 276 g/mol. The molecule has 6 heteroatoms. The minimum Gasteiger partial charge on any atom is -0.475 e. The first-order valence-corrected chi connectivity index (χ1v) is 6.02. The van der Waals surface area contributed by atoms with Gasteiger partial charge in [-0.25, -0.2) is 9.78 Å². The lowest BCUT2D eigenvalue weighted by Crippen LogP contribution is -2.07. The van der Waals surface area contributed by atoms with Gasteiger partial charge >= 0.3 is 5.97 Å². The van der Waals surface area contributed by atoms with E-state index in [-0.39, 0.29) is 24.0 Å². The summed E-state index contributed by atoms with van der Waals surface area (Å²) in [5, 5.41) is 9.07. The van der Waals surface area contributed by atoms with Gasteiger partial charge in [0, 0.05) is 32.5 Å². The molecule has 2 aromatic rings. The van der Waals surface area contributed by atoms with Gasteiger partial charge in [0.15, 0.2) is 0 Å². The summed E-state index contributed by atoms with van der Waals surface area (Å²) in [4.78, 5) is 17.2. The third kappa shape index (κ3) is 2.80. The molecule has 0 bridgehead atoms. The molecule has 1 heterocycles. The lowest BCUT2D eigenvalue weighted by Gasteiger charge is -2.11. The van der Waals surface area contributed by atoms with Gasteiger partial charge in [0.25, 0.3) is 0 Å². The van der Waals surface area contributed by atoms with E-state index in [2.05, 4.69) is 4.98 Å². The molecule has 0 radical (unpaired) electrons. The Morgan fingerprint density at radius 1 is 1.35 bits per heavy atom. The highest BCUT2D eigenvalue weighted by atomic mass is 16.5. The van der Waals surface area contributed by atoms with Crippen LogP contribution in [0.5, 0.6) is 0 Å². The summed E-state index contributed by atoms with van der Waals surface area (Å²) in [7, 11) is 5.37. The van der Waals surface area contributed by atoms with Gasteiger partial charge in [-0.2, -0.15) is 0 Å². The third-order valence-corrected chi connectivity index (χ3v) is 2.80. The molecule has 0 saturated carbocycles. The van der Waals surface area contributed by atoms with Crippen LogP contribution in [0.25, 0.3) is 11.5 Å². The second-order valence-corrected chi connectivity index (χ2v) is 4.47. The SMILES string of the molecule is COCc1nc(-c2ccc(N(C)C)cc2)oc1C(=O)O. The number of carboxylic acids is 1. The van der Waals surface area contributed by atoms with E-state index in [1.165, 1.54) is 7.11 Å². The van der Waals surface area contributed by atoms with Crippen molar-refractivity contribution >= 4 is 11.7 Å². The molecule has 0 fully saturated rings. The lowest BCUT2D eigenvalue weighted by atomic mass is 10.2. The molecule has 0 atom stereocenters. The van der Waals surface area contributed by atoms with Gasteiger partial charge < -0.3 is 19.2 Å². The number of carbonyl (C=O) groups is 1. The average Bonchev–Trinajstić information content (AvgIpc) is 2.83. The zero-order chi connectivity index (χ0) is 14.7. The number of methoxy groups -OCH3 is 1. The van der Waals surface area contributed by atoms with Gasteiger partial charge in [0.2, 0.25) is 11.7 Å². The molecule has 0 aliphatic rings. The maximum Gasteiger partial charge on any atom is 0.373 e. The largest absolute Gasteiger partial charge is 0.475 e. The highest BCUT2D eigenvalue weighted by Crippen LogP contribution is 2.24. The maximum atomic E-state index is 11.1. The molecular weight excluding hydrogens is 260 g/mol. The van der Waals surface area contributed by atoms with Gasteiger partial charge in [-0.1, -0.05) is 0 Å². The van der Waals surface area contributed by atoms with E-state index in [0.717, 1.165) is 11.3 Å². The highest BCUT2D eigenvalue weighted by Gasteiger charge is 2.20. The Hall–Kier alpha value is -2.34. The second kappa shape index (κ2) is 5.75. The van der Waals surface area contributed by atoms with Gasteiger partial charge in [-0.05, 0) is 24.3 Å². The molecular formula is C14H16N2O4. The van der Waals surface area contributed by atoms with Crippen LogP contribution in [0.1, 0.15) is 16.2 Å². The highest BCUT2D eigenvalue weighted by molar-refractivity contribution is 5.86. The van der Waals surface area contributed by atoms with Crippen molar-refractivity contribution in [2.24, 2.45) is 0 Å². The Morgan fingerprint density at radius 2 is 2.00 bits per heavy atom. The van der Waals surface area contributed by atoms with E-state index in [4.69, 9.17) is 14.3 Å². The minimum absolute atomic E-state index is 0.0981. The number of anilines is 1. The molecule has 0 aliphatic carbocycles. The van der Waals surface area contributed by atoms with Crippen LogP contribution >= 0.6 is 0 Å². The van der Waals surface area contributed by atoms with Crippen LogP contribution in [0.15, 0.2) is 28.7 Å². The van der Waals surface area contributed by atoms with Crippen LogP contribution in [-0.2, 0) is 11.3 Å². The van der Waals surface area contributed by atoms with Crippen molar-refractivity contribution in [3.05, 3.63) is 35.7 Å². The predicted molar refractivity (Wildman–Crippen MR) is 73.9 cm³/mol. The summed E-state index contributed by atoms with van der Waals surface area (Å²) in [6, 6.07) is 7.50. The number of nitrogens with zero attached hydrogens (tertiary/aromatic N) is 2. The third-order valence-electron chi connectivity index (χ3n) is 2.80. The first-order valence-electron chi connectivity index (χ1n) is 6.02. The fourth-order valence-corrected chi connectivity index (χ4v) is 1.78. The summed E-state index contributed by atoms with van der Waals surface area (Å²) in [5.41, 5.74) is 2.04. The maximum absolute atomic E-state index is 11.1. The number of hydrogen-bond acceptors (Lipinski definition) is 5. The quantitative estimate of drug-likeness (QED) is 0.902. The van der Waals surface area contributed by atoms with Crippen LogP contribution in [-0.4, -0.2) is 37.3 Å². The number of oxazole rings is 1. The summed E-state index contributed by atoms with van der Waals surface area (Å²) in [6.07, 6.45) is 0. The molecule has 2 rings (SSSR count). The normalized spacial score (nSPS) is 10.6. The molecule has 6 nitrogen and oxygen atoms in total. The number of aromatic carboxylic acids is 1. The van der Waals surface area contributed by atoms with Crippen molar-refractivity contribution < 1.29 is 19.1 Å². The van der Waals surface area contributed by atoms with Crippen molar-refractivity contribution in [3.63, 3.8) is 0 Å². The van der Waals surface area contributed by atoms with E-state index in [9.17, 15) is 4.79 Å². The molecule has 106 valence electrons. The zero-order valence-corrected chi connectivity index (χ0v) is 11.6. The summed E-state index contributed by atoms with van der Waals surface area (Å²) >= 11 is 0. The molecule has 1 N–H and O–H groups in total. The zero-order valence-electron chi connectivity index (χ0n) is 11.6. The first kappa shape index (κ1) is 14.1. The molecule has 0 spiro atoms. The van der Waals surface area contributed by atoms with Crippen LogP contribution in [0, 0.1) is 0 Å². The molecule has 0 saturated heterocycles. The fourth-order valence-electron chi connectivity index (χ4n) is 1.78. The smallest absolute Gasteiger partial charge is 0.373 e. The predicted octanol–water partition coefficient (Wildman–Crippen LogP) is 2.25. The van der Waals surface area contributed by atoms with Crippen molar-refractivity contribution in [1.82, 2.24) is 4.98 Å². The molecule has 20 heavy (non-hydrogen) atoms. The van der Waals surface area contributed by atoms with Crippen molar-refractivity contribution in [2.75, 3.05) is 26.1 Å². The Morgan fingerprint density at radius 3 is 2.50 bits per heavy atom. The molecule has 1 aromatic heterocycles. The van der Waals surface area contributed by atoms with Gasteiger partial charge in [-0.3, -0.25) is 0 Å². The fraction of sp³-hybridized carbons (Fsp3) is 0.286. The van der Waals surface area contributed by atoms with E-state index in [1.807, 2.05) is 43.3 Å². The van der Waals surface area contributed by atoms with Crippen molar-refractivity contribution in [3.8, 4) is 11.5 Å². The van der Waals surface area contributed by atoms with Crippen LogP contribution in [0.4, 0.5) is 5.69 Å². The van der Waals surface area contributed by atoms with Crippen LogP contribution in [0.2, 0.25) is 0 Å². The number of ether oxygens (including phenoxy) is 1. The standard InChI is InChI=1S/C14H16N2O4/c1-16(2)10-6-4-9(5-7-10)13-15-11(8-19-3)12(20-13)14(17)18/h4-7H,8H2,1-3H3,(H,17,18).